The second-order valence-electron chi connectivity index (χ2n) is 8.51. The summed E-state index contributed by atoms with van der Waals surface area (Å²) >= 11 is 1.04. The normalized spacial score (nSPS) is 20.0. The second-order valence-corrected chi connectivity index (χ2v) is 9.56. The number of nitriles is 1. The Balaban J connectivity index is 0.000000226. The molecule has 172 valence electrons. The Hall–Kier alpha value is -3.70. The zero-order valence-electron chi connectivity index (χ0n) is 19.2. The van der Waals surface area contributed by atoms with Gasteiger partial charge in [0.1, 0.15) is 17.1 Å². The van der Waals surface area contributed by atoms with E-state index in [9.17, 15) is 10.1 Å². The minimum Gasteiger partial charge on any atom is -0.487 e. The van der Waals surface area contributed by atoms with Gasteiger partial charge in [-0.15, -0.1) is 0 Å². The third kappa shape index (κ3) is 5.43. The SMILES string of the molecule is CC(C)Oc1c(C#N)cnc2ccc(/C=C3\SC(=N)NC3=O)nc12.CC1C[C@H]1c1ccccc1. The molecule has 0 spiro atoms. The number of ether oxygens (including phenoxy) is 1. The molecule has 7 nitrogen and oxygen atoms in total. The van der Waals surface area contributed by atoms with Crippen molar-refractivity contribution in [3.8, 4) is 11.8 Å². The highest BCUT2D eigenvalue weighted by Crippen LogP contribution is 2.46. The number of nitrogens with zero attached hydrogens (tertiary/aromatic N) is 3. The van der Waals surface area contributed by atoms with Gasteiger partial charge in [0.2, 0.25) is 0 Å². The smallest absolute Gasteiger partial charge is 0.264 e. The summed E-state index contributed by atoms with van der Waals surface area (Å²) in [6, 6.07) is 16.3. The lowest BCUT2D eigenvalue weighted by atomic mass is 10.1. The van der Waals surface area contributed by atoms with Crippen LogP contribution in [0.5, 0.6) is 5.75 Å². The molecule has 2 fully saturated rings. The molecular formula is C26H25N5O2S. The van der Waals surface area contributed by atoms with Crippen molar-refractivity contribution < 1.29 is 9.53 Å². The van der Waals surface area contributed by atoms with Gasteiger partial charge >= 0.3 is 0 Å². The van der Waals surface area contributed by atoms with Gasteiger partial charge in [-0.25, -0.2) is 4.98 Å². The van der Waals surface area contributed by atoms with Crippen LogP contribution in [0.15, 0.2) is 53.6 Å². The van der Waals surface area contributed by atoms with E-state index in [2.05, 4.69) is 58.6 Å². The Morgan fingerprint density at radius 1 is 1.26 bits per heavy atom. The van der Waals surface area contributed by atoms with E-state index < -0.39 is 0 Å². The van der Waals surface area contributed by atoms with Crippen molar-refractivity contribution in [1.82, 2.24) is 15.3 Å². The lowest BCUT2D eigenvalue weighted by Crippen LogP contribution is -2.18. The van der Waals surface area contributed by atoms with Crippen LogP contribution in [0.25, 0.3) is 17.1 Å². The maximum Gasteiger partial charge on any atom is 0.264 e. The first-order valence-electron chi connectivity index (χ1n) is 11.1. The number of rotatable bonds is 4. The fraction of sp³-hybridized carbons (Fsp3) is 0.269. The topological polar surface area (TPSA) is 112 Å². The lowest BCUT2D eigenvalue weighted by molar-refractivity contribution is -0.115. The molecule has 1 aliphatic heterocycles. The fourth-order valence-electron chi connectivity index (χ4n) is 3.64. The minimum absolute atomic E-state index is 0.0873. The molecule has 3 heterocycles. The molecule has 34 heavy (non-hydrogen) atoms. The number of pyridine rings is 2. The van der Waals surface area contributed by atoms with Gasteiger partial charge in [0, 0.05) is 6.20 Å². The van der Waals surface area contributed by atoms with Crippen molar-refractivity contribution in [3.05, 3.63) is 70.4 Å². The fourth-order valence-corrected chi connectivity index (χ4v) is 4.32. The summed E-state index contributed by atoms with van der Waals surface area (Å²) in [7, 11) is 0. The highest BCUT2D eigenvalue weighted by atomic mass is 32.2. The van der Waals surface area contributed by atoms with Gasteiger partial charge in [-0.2, -0.15) is 5.26 Å². The lowest BCUT2D eigenvalue weighted by Gasteiger charge is -2.13. The van der Waals surface area contributed by atoms with Crippen LogP contribution in [0.2, 0.25) is 0 Å². The molecule has 1 aromatic carbocycles. The molecule has 2 aliphatic rings. The zero-order valence-corrected chi connectivity index (χ0v) is 20.0. The van der Waals surface area contributed by atoms with E-state index >= 15 is 0 Å². The summed E-state index contributed by atoms with van der Waals surface area (Å²) in [5, 5.41) is 19.2. The van der Waals surface area contributed by atoms with Gasteiger partial charge < -0.3 is 10.1 Å². The zero-order chi connectivity index (χ0) is 24.2. The quantitative estimate of drug-likeness (QED) is 0.504. The van der Waals surface area contributed by atoms with Crippen LogP contribution >= 0.6 is 11.8 Å². The number of carbonyl (C=O) groups is 1. The molecule has 8 heteroatoms. The summed E-state index contributed by atoms with van der Waals surface area (Å²) in [5.74, 6) is 1.87. The average Bonchev–Trinajstić information content (AvgIpc) is 3.47. The Bertz CT molecular complexity index is 1310. The van der Waals surface area contributed by atoms with Gasteiger partial charge in [-0.3, -0.25) is 15.2 Å². The number of hydrogen-bond acceptors (Lipinski definition) is 7. The molecule has 1 aliphatic carbocycles. The predicted octanol–water partition coefficient (Wildman–Crippen LogP) is 5.24. The van der Waals surface area contributed by atoms with Gasteiger partial charge in [0.05, 0.1) is 22.2 Å². The highest BCUT2D eigenvalue weighted by Gasteiger charge is 2.33. The summed E-state index contributed by atoms with van der Waals surface area (Å²) in [6.45, 7) is 6.05. The number of nitrogens with one attached hydrogen (secondary N) is 2. The van der Waals surface area contributed by atoms with Crippen molar-refractivity contribution in [2.24, 2.45) is 5.92 Å². The van der Waals surface area contributed by atoms with E-state index in [-0.39, 0.29) is 17.2 Å². The molecule has 3 aromatic rings. The molecule has 1 saturated carbocycles. The number of benzene rings is 1. The first kappa shape index (κ1) is 23.5. The largest absolute Gasteiger partial charge is 0.487 e. The van der Waals surface area contributed by atoms with E-state index in [4.69, 9.17) is 10.1 Å². The van der Waals surface area contributed by atoms with Crippen molar-refractivity contribution in [2.75, 3.05) is 0 Å². The van der Waals surface area contributed by atoms with Crippen LogP contribution in [0.3, 0.4) is 0 Å². The van der Waals surface area contributed by atoms with Crippen LogP contribution < -0.4 is 10.1 Å². The van der Waals surface area contributed by atoms with Crippen molar-refractivity contribution in [2.45, 2.75) is 39.2 Å². The first-order chi connectivity index (χ1) is 16.4. The van der Waals surface area contributed by atoms with E-state index in [0.29, 0.717) is 32.9 Å². The van der Waals surface area contributed by atoms with Crippen molar-refractivity contribution in [1.29, 1.82) is 10.7 Å². The molecular weight excluding hydrogens is 446 g/mol. The van der Waals surface area contributed by atoms with Crippen molar-refractivity contribution >= 4 is 39.9 Å². The number of hydrogen-bond donors (Lipinski definition) is 2. The monoisotopic (exact) mass is 471 g/mol. The van der Waals surface area contributed by atoms with Crippen LogP contribution in [0.4, 0.5) is 0 Å². The molecule has 1 unspecified atom stereocenters. The average molecular weight is 472 g/mol. The molecule has 0 bridgehead atoms. The number of aromatic nitrogens is 2. The summed E-state index contributed by atoms with van der Waals surface area (Å²) < 4.78 is 5.75. The standard InChI is InChI=1S/C16H13N5O2S.C10H12/c1-8(2)23-14-9(6-17)7-19-11-4-3-10(20-13(11)14)5-12-15(22)21-16(18)24-12;1-8-7-10(8)9-5-3-2-4-6-9/h3-5,7-8H,1-2H3,(H2,18,21,22);2-6,8,10H,7H2,1H3/b12-5-;/t;8?,10-/m.1/s1. The molecule has 2 N–H and O–H groups in total. The van der Waals surface area contributed by atoms with E-state index in [1.165, 1.54) is 18.2 Å². The van der Waals surface area contributed by atoms with Gasteiger partial charge in [-0.1, -0.05) is 37.3 Å². The van der Waals surface area contributed by atoms with Crippen LogP contribution in [-0.4, -0.2) is 27.1 Å². The van der Waals surface area contributed by atoms with E-state index in [0.717, 1.165) is 23.6 Å². The summed E-state index contributed by atoms with van der Waals surface area (Å²) in [5.41, 5.74) is 3.43. The molecule has 1 saturated heterocycles. The molecule has 1 amide bonds. The van der Waals surface area contributed by atoms with Crippen molar-refractivity contribution in [3.63, 3.8) is 0 Å². The first-order valence-corrected chi connectivity index (χ1v) is 11.9. The summed E-state index contributed by atoms with van der Waals surface area (Å²) in [6.07, 6.45) is 4.33. The highest BCUT2D eigenvalue weighted by molar-refractivity contribution is 8.18. The number of carbonyl (C=O) groups excluding carboxylic acids is 1. The summed E-state index contributed by atoms with van der Waals surface area (Å²) in [4.78, 5) is 20.8. The van der Waals surface area contributed by atoms with E-state index in [1.807, 2.05) is 13.8 Å². The third-order valence-electron chi connectivity index (χ3n) is 5.44. The Morgan fingerprint density at radius 3 is 2.59 bits per heavy atom. The Kier molecular flexibility index (Phi) is 6.94. The number of amides is 1. The van der Waals surface area contributed by atoms with Crippen LogP contribution in [0, 0.1) is 22.7 Å². The van der Waals surface area contributed by atoms with Crippen LogP contribution in [-0.2, 0) is 4.79 Å². The molecule has 2 aromatic heterocycles. The maximum absolute atomic E-state index is 11.7. The Labute approximate surface area is 202 Å². The van der Waals surface area contributed by atoms with Crippen LogP contribution in [0.1, 0.15) is 49.9 Å². The molecule has 2 atom stereocenters. The molecule has 0 radical (unpaired) electrons. The van der Waals surface area contributed by atoms with Gasteiger partial charge in [-0.05, 0) is 67.6 Å². The number of amidine groups is 1. The van der Waals surface area contributed by atoms with E-state index in [1.54, 1.807) is 18.2 Å². The third-order valence-corrected chi connectivity index (χ3v) is 6.27. The van der Waals surface area contributed by atoms with Gasteiger partial charge in [0.25, 0.3) is 5.91 Å². The second kappa shape index (κ2) is 10.1. The minimum atomic E-state index is -0.325. The molecule has 5 rings (SSSR count). The Morgan fingerprint density at radius 2 is 2.00 bits per heavy atom. The number of thioether (sulfide) groups is 1. The maximum atomic E-state index is 11.7. The van der Waals surface area contributed by atoms with Gasteiger partial charge in [0.15, 0.2) is 10.9 Å². The predicted molar refractivity (Wildman–Crippen MR) is 134 cm³/mol. The number of fused-ring (bicyclic) bond motifs is 1.